The molecule has 0 aliphatic carbocycles. The first-order valence-corrected chi connectivity index (χ1v) is 9.09. The van der Waals surface area contributed by atoms with Gasteiger partial charge < -0.3 is 19.5 Å². The molecule has 1 saturated heterocycles. The van der Waals surface area contributed by atoms with Gasteiger partial charge in [0, 0.05) is 25.7 Å². The van der Waals surface area contributed by atoms with E-state index in [1.165, 1.54) is 6.08 Å². The Morgan fingerprint density at radius 2 is 1.93 bits per heavy atom. The molecule has 1 fully saturated rings. The summed E-state index contributed by atoms with van der Waals surface area (Å²) < 4.78 is 15.3. The fraction of sp³-hybridized carbons (Fsp3) is 0.684. The zero-order chi connectivity index (χ0) is 20.4. The number of ether oxygens (including phenoxy) is 3. The van der Waals surface area contributed by atoms with Gasteiger partial charge in [-0.1, -0.05) is 12.7 Å². The molecule has 2 N–H and O–H groups in total. The summed E-state index contributed by atoms with van der Waals surface area (Å²) in [5, 5.41) is 10.4. The highest BCUT2D eigenvalue weighted by atomic mass is 16.6. The molecule has 1 atom stereocenters. The van der Waals surface area contributed by atoms with Crippen molar-refractivity contribution in [2.24, 2.45) is 5.92 Å². The van der Waals surface area contributed by atoms with Crippen LogP contribution in [-0.2, 0) is 23.8 Å². The topological polar surface area (TPSA) is 115 Å². The zero-order valence-electron chi connectivity index (χ0n) is 16.3. The largest absolute Gasteiger partial charge is 0.457 e. The number of nitrogens with one attached hydrogen (secondary N) is 2. The lowest BCUT2D eigenvalue weighted by Gasteiger charge is -2.28. The van der Waals surface area contributed by atoms with Gasteiger partial charge in [0.2, 0.25) is 0 Å². The minimum Gasteiger partial charge on any atom is -0.457 e. The third kappa shape index (κ3) is 9.33. The van der Waals surface area contributed by atoms with Crippen molar-refractivity contribution in [2.75, 3.05) is 19.8 Å². The van der Waals surface area contributed by atoms with Gasteiger partial charge in [-0.05, 0) is 46.0 Å². The zero-order valence-corrected chi connectivity index (χ0v) is 16.3. The van der Waals surface area contributed by atoms with E-state index in [4.69, 9.17) is 19.6 Å². The van der Waals surface area contributed by atoms with E-state index in [1.54, 1.807) is 20.8 Å². The van der Waals surface area contributed by atoms with Crippen LogP contribution in [-0.4, -0.2) is 55.0 Å². The van der Waals surface area contributed by atoms with Crippen molar-refractivity contribution >= 4 is 23.6 Å². The van der Waals surface area contributed by atoms with Crippen LogP contribution in [0, 0.1) is 11.3 Å². The van der Waals surface area contributed by atoms with Crippen molar-refractivity contribution in [3.8, 4) is 0 Å². The van der Waals surface area contributed by atoms with E-state index in [-0.39, 0.29) is 18.9 Å². The molecule has 1 heterocycles. The van der Waals surface area contributed by atoms with Gasteiger partial charge in [-0.3, -0.25) is 10.2 Å². The lowest BCUT2D eigenvalue weighted by atomic mass is 9.90. The van der Waals surface area contributed by atoms with E-state index in [9.17, 15) is 14.4 Å². The first-order chi connectivity index (χ1) is 12.6. The number of carbonyl (C=O) groups is 3. The van der Waals surface area contributed by atoms with Crippen LogP contribution >= 0.6 is 0 Å². The molecule has 1 amide bonds. The second-order valence-electron chi connectivity index (χ2n) is 7.52. The number of rotatable bonds is 9. The summed E-state index contributed by atoms with van der Waals surface area (Å²) in [5.41, 5.74) is -1.40. The first kappa shape index (κ1) is 22.8. The minimum absolute atomic E-state index is 0.0733. The van der Waals surface area contributed by atoms with E-state index < -0.39 is 35.2 Å². The summed E-state index contributed by atoms with van der Waals surface area (Å²) >= 11 is 0. The molecule has 8 heteroatoms. The molecule has 0 saturated carbocycles. The molecule has 1 unspecified atom stereocenters. The Bertz CT molecular complexity index is 561. The number of Topliss-reactive ketones (excluding diaryl/α,β-unsaturated/α-hetero) is 1. The van der Waals surface area contributed by atoms with Gasteiger partial charge >= 0.3 is 12.1 Å². The lowest BCUT2D eigenvalue weighted by Crippen LogP contribution is -2.43. The maximum absolute atomic E-state index is 12.3. The summed E-state index contributed by atoms with van der Waals surface area (Å²) in [5.74, 6) is -1.40. The molecule has 1 rings (SSSR count). The van der Waals surface area contributed by atoms with Crippen molar-refractivity contribution in [1.29, 1.82) is 5.41 Å². The fourth-order valence-electron chi connectivity index (χ4n) is 2.70. The van der Waals surface area contributed by atoms with Crippen molar-refractivity contribution in [2.45, 2.75) is 58.1 Å². The number of amides is 1. The maximum Gasteiger partial charge on any atom is 0.407 e. The third-order valence-electron chi connectivity index (χ3n) is 3.93. The molecule has 0 aromatic rings. The van der Waals surface area contributed by atoms with E-state index in [2.05, 4.69) is 11.9 Å². The summed E-state index contributed by atoms with van der Waals surface area (Å²) in [4.78, 5) is 36.1. The number of carbonyl (C=O) groups excluding carboxylic acids is 3. The van der Waals surface area contributed by atoms with Crippen LogP contribution < -0.4 is 5.32 Å². The molecule has 1 aliphatic rings. The van der Waals surface area contributed by atoms with Crippen LogP contribution in [0.15, 0.2) is 12.7 Å². The predicted octanol–water partition coefficient (Wildman–Crippen LogP) is 2.40. The average Bonchev–Trinajstić information content (AvgIpc) is 2.57. The SMILES string of the molecule is C=CCOC(=O)C(=N)C(=O)CC(CC1CCOCC1)NC(=O)OC(C)(C)C. The van der Waals surface area contributed by atoms with Crippen molar-refractivity contribution in [3.63, 3.8) is 0 Å². The Kier molecular flexibility index (Phi) is 9.14. The highest BCUT2D eigenvalue weighted by molar-refractivity contribution is 6.63. The summed E-state index contributed by atoms with van der Waals surface area (Å²) in [6.45, 7) is 9.85. The number of ketones is 1. The van der Waals surface area contributed by atoms with Crippen LogP contribution in [0.4, 0.5) is 4.79 Å². The normalized spacial score (nSPS) is 16.1. The molecule has 152 valence electrons. The van der Waals surface area contributed by atoms with Crippen LogP contribution in [0.25, 0.3) is 0 Å². The number of hydrogen-bond acceptors (Lipinski definition) is 7. The smallest absolute Gasteiger partial charge is 0.407 e. The highest BCUT2D eigenvalue weighted by Crippen LogP contribution is 2.22. The first-order valence-electron chi connectivity index (χ1n) is 9.09. The fourth-order valence-corrected chi connectivity index (χ4v) is 2.70. The summed E-state index contributed by atoms with van der Waals surface area (Å²) in [7, 11) is 0. The van der Waals surface area contributed by atoms with Crippen molar-refractivity contribution in [1.82, 2.24) is 5.32 Å². The lowest BCUT2D eigenvalue weighted by molar-refractivity contribution is -0.135. The van der Waals surface area contributed by atoms with E-state index in [0.717, 1.165) is 12.8 Å². The van der Waals surface area contributed by atoms with Crippen LogP contribution in [0.3, 0.4) is 0 Å². The van der Waals surface area contributed by atoms with Crippen molar-refractivity contribution < 1.29 is 28.6 Å². The van der Waals surface area contributed by atoms with Gasteiger partial charge in [0.15, 0.2) is 11.5 Å². The third-order valence-corrected chi connectivity index (χ3v) is 3.93. The Hall–Kier alpha value is -2.22. The molecule has 27 heavy (non-hydrogen) atoms. The molecule has 1 aliphatic heterocycles. The van der Waals surface area contributed by atoms with Gasteiger partial charge in [0.1, 0.15) is 12.2 Å². The molecule has 8 nitrogen and oxygen atoms in total. The maximum atomic E-state index is 12.3. The quantitative estimate of drug-likeness (QED) is 0.274. The Morgan fingerprint density at radius 3 is 2.48 bits per heavy atom. The molecular weight excluding hydrogens is 352 g/mol. The Balaban J connectivity index is 2.72. The van der Waals surface area contributed by atoms with Crippen LogP contribution in [0.5, 0.6) is 0 Å². The van der Waals surface area contributed by atoms with Gasteiger partial charge in [0.05, 0.1) is 0 Å². The van der Waals surface area contributed by atoms with Gasteiger partial charge in [0.25, 0.3) is 0 Å². The standard InChI is InChI=1S/C19H30N2O6/c1-5-8-26-17(23)16(20)15(22)12-14(11-13-6-9-25-10-7-13)21-18(24)27-19(2,3)4/h5,13-14,20H,1,6-12H2,2-4H3,(H,21,24). The second kappa shape index (κ2) is 10.8. The Labute approximate surface area is 160 Å². The molecule has 0 aromatic carbocycles. The molecule has 0 radical (unpaired) electrons. The summed E-state index contributed by atoms with van der Waals surface area (Å²) in [6.07, 6.45) is 2.77. The minimum atomic E-state index is -0.998. The highest BCUT2D eigenvalue weighted by Gasteiger charge is 2.28. The summed E-state index contributed by atoms with van der Waals surface area (Å²) in [6, 6.07) is -0.539. The second-order valence-corrected chi connectivity index (χ2v) is 7.52. The van der Waals surface area contributed by atoms with Crippen LogP contribution in [0.1, 0.15) is 46.5 Å². The Morgan fingerprint density at radius 1 is 1.30 bits per heavy atom. The molecule has 0 spiro atoms. The molecule has 0 bridgehead atoms. The predicted molar refractivity (Wildman–Crippen MR) is 99.8 cm³/mol. The van der Waals surface area contributed by atoms with Gasteiger partial charge in [-0.15, -0.1) is 0 Å². The number of alkyl carbamates (subject to hydrolysis) is 1. The average molecular weight is 382 g/mol. The van der Waals surface area contributed by atoms with E-state index in [0.29, 0.717) is 19.6 Å². The van der Waals surface area contributed by atoms with E-state index in [1.807, 2.05) is 0 Å². The van der Waals surface area contributed by atoms with Crippen LogP contribution in [0.2, 0.25) is 0 Å². The monoisotopic (exact) mass is 382 g/mol. The molecule has 0 aromatic heterocycles. The van der Waals surface area contributed by atoms with Gasteiger partial charge in [-0.2, -0.15) is 0 Å². The number of hydrogen-bond donors (Lipinski definition) is 2. The molecular formula is C19H30N2O6. The van der Waals surface area contributed by atoms with Gasteiger partial charge in [-0.25, -0.2) is 9.59 Å². The van der Waals surface area contributed by atoms with E-state index >= 15 is 0 Å². The number of esters is 1. The van der Waals surface area contributed by atoms with Crippen molar-refractivity contribution in [3.05, 3.63) is 12.7 Å².